The summed E-state index contributed by atoms with van der Waals surface area (Å²) < 4.78 is 0. The second-order valence-electron chi connectivity index (χ2n) is 4.28. The molecule has 5 heteroatoms. The number of hydrogen-bond acceptors (Lipinski definition) is 3. The number of carboxylic acid groups (broad SMARTS) is 1. The molecule has 0 radical (unpaired) electrons. The topological polar surface area (TPSA) is 66.4 Å². The second-order valence-corrected chi connectivity index (χ2v) is 5.33. The summed E-state index contributed by atoms with van der Waals surface area (Å²) in [5.74, 6) is -0.520. The lowest BCUT2D eigenvalue weighted by Crippen LogP contribution is -2.31. The van der Waals surface area contributed by atoms with Gasteiger partial charge >= 0.3 is 5.97 Å². The van der Waals surface area contributed by atoms with Crippen LogP contribution in [0.1, 0.15) is 19.8 Å². The summed E-state index contributed by atoms with van der Waals surface area (Å²) in [7, 11) is 0. The minimum Gasteiger partial charge on any atom is -0.481 e. The summed E-state index contributed by atoms with van der Waals surface area (Å²) >= 11 is 1.47. The molecular weight excluding hydrogens is 262 g/mol. The lowest BCUT2D eigenvalue weighted by atomic mass is 10.0. The lowest BCUT2D eigenvalue weighted by molar-refractivity contribution is -0.138. The first kappa shape index (κ1) is 15.6. The first-order valence-corrected chi connectivity index (χ1v) is 7.26. The number of nitrogens with one attached hydrogen (secondary N) is 1. The van der Waals surface area contributed by atoms with Gasteiger partial charge in [0.25, 0.3) is 0 Å². The van der Waals surface area contributed by atoms with Crippen LogP contribution in [-0.2, 0) is 9.59 Å². The first-order chi connectivity index (χ1) is 9.11. The van der Waals surface area contributed by atoms with Crippen molar-refractivity contribution in [1.29, 1.82) is 0 Å². The summed E-state index contributed by atoms with van der Waals surface area (Å²) in [6.45, 7) is 2.36. The Balaban J connectivity index is 2.25. The highest BCUT2D eigenvalue weighted by molar-refractivity contribution is 8.00. The van der Waals surface area contributed by atoms with Crippen LogP contribution < -0.4 is 5.32 Å². The molecule has 2 N–H and O–H groups in total. The van der Waals surface area contributed by atoms with Crippen LogP contribution in [0.5, 0.6) is 0 Å². The molecule has 0 spiro atoms. The number of carbonyl (C=O) groups excluding carboxylic acids is 1. The molecule has 1 rings (SSSR count). The molecule has 1 aromatic carbocycles. The van der Waals surface area contributed by atoms with Crippen molar-refractivity contribution in [2.24, 2.45) is 5.92 Å². The average Bonchev–Trinajstić information content (AvgIpc) is 2.42. The Morgan fingerprint density at radius 2 is 2.00 bits per heavy atom. The average molecular weight is 281 g/mol. The molecule has 1 aromatic rings. The second kappa shape index (κ2) is 8.58. The fraction of sp³-hybridized carbons (Fsp3) is 0.429. The van der Waals surface area contributed by atoms with Crippen molar-refractivity contribution >= 4 is 23.6 Å². The van der Waals surface area contributed by atoms with E-state index in [9.17, 15) is 9.59 Å². The zero-order valence-corrected chi connectivity index (χ0v) is 11.8. The van der Waals surface area contributed by atoms with Gasteiger partial charge in [0.05, 0.1) is 5.75 Å². The van der Waals surface area contributed by atoms with Crippen molar-refractivity contribution < 1.29 is 14.7 Å². The van der Waals surface area contributed by atoms with Crippen LogP contribution in [0.25, 0.3) is 0 Å². The molecule has 19 heavy (non-hydrogen) atoms. The van der Waals surface area contributed by atoms with Gasteiger partial charge in [-0.25, -0.2) is 0 Å². The number of carbonyl (C=O) groups is 2. The molecule has 104 valence electrons. The lowest BCUT2D eigenvalue weighted by Gasteiger charge is -2.13. The van der Waals surface area contributed by atoms with E-state index in [1.165, 1.54) is 11.8 Å². The van der Waals surface area contributed by atoms with E-state index in [4.69, 9.17) is 5.11 Å². The molecule has 0 aliphatic carbocycles. The van der Waals surface area contributed by atoms with E-state index in [0.717, 1.165) is 11.3 Å². The maximum atomic E-state index is 11.6. The first-order valence-electron chi connectivity index (χ1n) is 6.28. The number of benzene rings is 1. The summed E-state index contributed by atoms with van der Waals surface area (Å²) in [6, 6.07) is 9.71. The zero-order chi connectivity index (χ0) is 14.1. The molecule has 0 saturated heterocycles. The Morgan fingerprint density at radius 3 is 2.58 bits per heavy atom. The van der Waals surface area contributed by atoms with Gasteiger partial charge in [-0.3, -0.25) is 9.59 Å². The van der Waals surface area contributed by atoms with Crippen LogP contribution in [0.3, 0.4) is 0 Å². The molecule has 0 heterocycles. The van der Waals surface area contributed by atoms with Crippen molar-refractivity contribution in [2.75, 3.05) is 12.3 Å². The number of amides is 1. The van der Waals surface area contributed by atoms with Gasteiger partial charge < -0.3 is 10.4 Å². The van der Waals surface area contributed by atoms with Gasteiger partial charge in [-0.1, -0.05) is 31.5 Å². The number of thioether (sulfide) groups is 1. The highest BCUT2D eigenvalue weighted by atomic mass is 32.2. The summed E-state index contributed by atoms with van der Waals surface area (Å²) in [5.41, 5.74) is 0. The standard InChI is InChI=1S/C14H19NO3S/c1-2-11(8-14(17)18)9-15-13(16)10-19-12-6-4-3-5-7-12/h3-7,11H,2,8-10H2,1H3,(H,15,16)(H,17,18). The van der Waals surface area contributed by atoms with E-state index in [-0.39, 0.29) is 18.2 Å². The molecule has 0 aromatic heterocycles. The smallest absolute Gasteiger partial charge is 0.303 e. The van der Waals surface area contributed by atoms with Crippen LogP contribution in [-0.4, -0.2) is 29.3 Å². The predicted octanol–water partition coefficient (Wildman–Crippen LogP) is 2.40. The highest BCUT2D eigenvalue weighted by Gasteiger charge is 2.12. The fourth-order valence-electron chi connectivity index (χ4n) is 1.58. The van der Waals surface area contributed by atoms with Crippen LogP contribution in [0.15, 0.2) is 35.2 Å². The largest absolute Gasteiger partial charge is 0.481 e. The fourth-order valence-corrected chi connectivity index (χ4v) is 2.33. The molecule has 0 bridgehead atoms. The summed E-state index contributed by atoms with van der Waals surface area (Å²) in [4.78, 5) is 23.3. The normalized spacial score (nSPS) is 11.8. The zero-order valence-electron chi connectivity index (χ0n) is 11.0. The molecule has 0 aliphatic rings. The van der Waals surface area contributed by atoms with Gasteiger partial charge in [0.2, 0.25) is 5.91 Å². The van der Waals surface area contributed by atoms with Gasteiger partial charge in [-0.15, -0.1) is 11.8 Å². The predicted molar refractivity (Wildman–Crippen MR) is 76.2 cm³/mol. The van der Waals surface area contributed by atoms with Gasteiger partial charge in [-0.2, -0.15) is 0 Å². The Kier molecular flexibility index (Phi) is 7.03. The molecule has 4 nitrogen and oxygen atoms in total. The maximum absolute atomic E-state index is 11.6. The maximum Gasteiger partial charge on any atom is 0.303 e. The number of carboxylic acids is 1. The quantitative estimate of drug-likeness (QED) is 0.718. The van der Waals surface area contributed by atoms with Gasteiger partial charge in [0.1, 0.15) is 0 Å². The molecule has 1 atom stereocenters. The number of rotatable bonds is 8. The van der Waals surface area contributed by atoms with E-state index in [1.54, 1.807) is 0 Å². The third-order valence-electron chi connectivity index (χ3n) is 2.74. The van der Waals surface area contributed by atoms with Crippen molar-refractivity contribution in [3.8, 4) is 0 Å². The molecule has 1 amide bonds. The van der Waals surface area contributed by atoms with Crippen LogP contribution in [0.4, 0.5) is 0 Å². The van der Waals surface area contributed by atoms with E-state index in [2.05, 4.69) is 5.32 Å². The van der Waals surface area contributed by atoms with Crippen molar-refractivity contribution in [2.45, 2.75) is 24.7 Å². The van der Waals surface area contributed by atoms with Gasteiger partial charge in [0, 0.05) is 17.9 Å². The van der Waals surface area contributed by atoms with Gasteiger partial charge in [0.15, 0.2) is 0 Å². The van der Waals surface area contributed by atoms with Crippen molar-refractivity contribution in [1.82, 2.24) is 5.32 Å². The molecular formula is C14H19NO3S. The molecule has 0 fully saturated rings. The van der Waals surface area contributed by atoms with Crippen LogP contribution >= 0.6 is 11.8 Å². The Morgan fingerprint density at radius 1 is 1.32 bits per heavy atom. The Hall–Kier alpha value is -1.49. The summed E-state index contributed by atoms with van der Waals surface area (Å²) in [6.07, 6.45) is 0.848. The Labute approximate surface area is 117 Å². The number of hydrogen-bond donors (Lipinski definition) is 2. The third-order valence-corrected chi connectivity index (χ3v) is 3.75. The van der Waals surface area contributed by atoms with E-state index < -0.39 is 5.97 Å². The molecule has 0 aliphatic heterocycles. The van der Waals surface area contributed by atoms with E-state index in [0.29, 0.717) is 12.3 Å². The molecule has 1 unspecified atom stereocenters. The summed E-state index contributed by atoms with van der Waals surface area (Å²) in [5, 5.41) is 11.5. The third kappa shape index (κ3) is 6.86. The SMILES string of the molecule is CCC(CNC(=O)CSc1ccccc1)CC(=O)O. The Bertz CT molecular complexity index is 408. The van der Waals surface area contributed by atoms with E-state index >= 15 is 0 Å². The highest BCUT2D eigenvalue weighted by Crippen LogP contribution is 2.16. The van der Waals surface area contributed by atoms with Crippen LogP contribution in [0, 0.1) is 5.92 Å². The van der Waals surface area contributed by atoms with Crippen molar-refractivity contribution in [3.63, 3.8) is 0 Å². The number of aliphatic carboxylic acids is 1. The van der Waals surface area contributed by atoms with Crippen molar-refractivity contribution in [3.05, 3.63) is 30.3 Å². The molecule has 0 saturated carbocycles. The monoisotopic (exact) mass is 281 g/mol. The minimum atomic E-state index is -0.820. The van der Waals surface area contributed by atoms with E-state index in [1.807, 2.05) is 37.3 Å². The minimum absolute atomic E-state index is 0.00294. The van der Waals surface area contributed by atoms with Crippen LogP contribution in [0.2, 0.25) is 0 Å². The van der Waals surface area contributed by atoms with Gasteiger partial charge in [-0.05, 0) is 18.1 Å².